The van der Waals surface area contributed by atoms with Gasteiger partial charge in [-0.15, -0.1) is 0 Å². The molecular weight excluding hydrogens is 352 g/mol. The van der Waals surface area contributed by atoms with Crippen molar-refractivity contribution < 1.29 is 4.79 Å². The van der Waals surface area contributed by atoms with Crippen molar-refractivity contribution in [1.29, 1.82) is 0 Å². The van der Waals surface area contributed by atoms with Crippen LogP contribution in [-0.2, 0) is 11.3 Å². The molecule has 1 amide bonds. The molecule has 0 aromatic heterocycles. The maximum atomic E-state index is 12.3. The van der Waals surface area contributed by atoms with Gasteiger partial charge >= 0.3 is 0 Å². The molecule has 0 saturated heterocycles. The SMILES string of the molecule is Cc1cc(NC(=O)CN(Cc2ccccc2)C(C)C)ccc1Br. The van der Waals surface area contributed by atoms with Gasteiger partial charge in [-0.3, -0.25) is 9.69 Å². The van der Waals surface area contributed by atoms with Crippen molar-refractivity contribution in [2.24, 2.45) is 0 Å². The Bertz CT molecular complexity index is 656. The van der Waals surface area contributed by atoms with Gasteiger partial charge in [0.05, 0.1) is 6.54 Å². The Hall–Kier alpha value is -1.65. The second-order valence-corrected chi connectivity index (χ2v) is 6.85. The number of hydrogen-bond acceptors (Lipinski definition) is 2. The molecule has 2 aromatic rings. The van der Waals surface area contributed by atoms with E-state index in [1.54, 1.807) is 0 Å². The van der Waals surface area contributed by atoms with Gasteiger partial charge in [0.1, 0.15) is 0 Å². The van der Waals surface area contributed by atoms with Crippen LogP contribution in [0, 0.1) is 6.92 Å². The Labute approximate surface area is 146 Å². The number of nitrogens with zero attached hydrogens (tertiary/aromatic N) is 1. The smallest absolute Gasteiger partial charge is 0.238 e. The first-order valence-electron chi connectivity index (χ1n) is 7.79. The van der Waals surface area contributed by atoms with Crippen molar-refractivity contribution >= 4 is 27.5 Å². The van der Waals surface area contributed by atoms with Gasteiger partial charge in [-0.1, -0.05) is 46.3 Å². The lowest BCUT2D eigenvalue weighted by Gasteiger charge is -2.26. The van der Waals surface area contributed by atoms with E-state index >= 15 is 0 Å². The van der Waals surface area contributed by atoms with Crippen LogP contribution in [0.3, 0.4) is 0 Å². The van der Waals surface area contributed by atoms with Crippen LogP contribution in [0.15, 0.2) is 53.0 Å². The molecule has 0 atom stereocenters. The summed E-state index contributed by atoms with van der Waals surface area (Å²) in [5.74, 6) is 0.0105. The fourth-order valence-corrected chi connectivity index (χ4v) is 2.59. The van der Waals surface area contributed by atoms with Gasteiger partial charge in [-0.25, -0.2) is 0 Å². The van der Waals surface area contributed by atoms with Gasteiger partial charge in [0, 0.05) is 22.7 Å². The molecule has 2 aromatic carbocycles. The molecule has 4 heteroatoms. The molecule has 0 saturated carbocycles. The number of halogens is 1. The molecule has 0 fully saturated rings. The van der Waals surface area contributed by atoms with E-state index in [0.717, 1.165) is 22.3 Å². The number of benzene rings is 2. The molecule has 3 nitrogen and oxygen atoms in total. The first kappa shape index (κ1) is 17.7. The minimum Gasteiger partial charge on any atom is -0.325 e. The standard InChI is InChI=1S/C19H23BrN2O/c1-14(2)22(12-16-7-5-4-6-8-16)13-19(23)21-17-9-10-18(20)15(3)11-17/h4-11,14H,12-13H2,1-3H3,(H,21,23). The Morgan fingerprint density at radius 3 is 2.48 bits per heavy atom. The van der Waals surface area contributed by atoms with E-state index in [1.807, 2.05) is 43.3 Å². The molecule has 0 aliphatic rings. The van der Waals surface area contributed by atoms with Crippen molar-refractivity contribution in [2.75, 3.05) is 11.9 Å². The van der Waals surface area contributed by atoms with E-state index in [2.05, 4.69) is 52.1 Å². The van der Waals surface area contributed by atoms with E-state index in [4.69, 9.17) is 0 Å². The summed E-state index contributed by atoms with van der Waals surface area (Å²) in [6.45, 7) is 7.38. The maximum Gasteiger partial charge on any atom is 0.238 e. The minimum absolute atomic E-state index is 0.0105. The molecule has 0 radical (unpaired) electrons. The molecule has 0 bridgehead atoms. The Morgan fingerprint density at radius 2 is 1.87 bits per heavy atom. The second-order valence-electron chi connectivity index (χ2n) is 6.00. The summed E-state index contributed by atoms with van der Waals surface area (Å²) < 4.78 is 1.04. The fraction of sp³-hybridized carbons (Fsp3) is 0.316. The van der Waals surface area contributed by atoms with E-state index in [9.17, 15) is 4.79 Å². The molecular formula is C19H23BrN2O. The topological polar surface area (TPSA) is 32.3 Å². The van der Waals surface area contributed by atoms with Crippen LogP contribution >= 0.6 is 15.9 Å². The van der Waals surface area contributed by atoms with Crippen LogP contribution < -0.4 is 5.32 Å². The summed E-state index contributed by atoms with van der Waals surface area (Å²) in [6, 6.07) is 16.4. The molecule has 0 aliphatic heterocycles. The molecule has 0 unspecified atom stereocenters. The number of rotatable bonds is 6. The predicted molar refractivity (Wildman–Crippen MR) is 99.5 cm³/mol. The van der Waals surface area contributed by atoms with E-state index in [0.29, 0.717) is 12.6 Å². The average molecular weight is 375 g/mol. The highest BCUT2D eigenvalue weighted by Crippen LogP contribution is 2.20. The zero-order valence-corrected chi connectivity index (χ0v) is 15.4. The highest BCUT2D eigenvalue weighted by molar-refractivity contribution is 9.10. The maximum absolute atomic E-state index is 12.3. The summed E-state index contributed by atoms with van der Waals surface area (Å²) >= 11 is 3.47. The molecule has 0 spiro atoms. The first-order chi connectivity index (χ1) is 11.0. The Balaban J connectivity index is 1.99. The van der Waals surface area contributed by atoms with Crippen molar-refractivity contribution in [1.82, 2.24) is 4.90 Å². The number of anilines is 1. The van der Waals surface area contributed by atoms with Crippen LogP contribution in [0.5, 0.6) is 0 Å². The number of nitrogens with one attached hydrogen (secondary N) is 1. The predicted octanol–water partition coefficient (Wildman–Crippen LogP) is 4.61. The fourth-order valence-electron chi connectivity index (χ4n) is 2.35. The van der Waals surface area contributed by atoms with Gasteiger partial charge < -0.3 is 5.32 Å². The summed E-state index contributed by atoms with van der Waals surface area (Å²) in [4.78, 5) is 14.5. The van der Waals surface area contributed by atoms with Crippen molar-refractivity contribution in [3.8, 4) is 0 Å². The van der Waals surface area contributed by atoms with Crippen LogP contribution in [0.4, 0.5) is 5.69 Å². The van der Waals surface area contributed by atoms with Crippen LogP contribution in [-0.4, -0.2) is 23.4 Å². The third-order valence-corrected chi connectivity index (χ3v) is 4.64. The van der Waals surface area contributed by atoms with Crippen LogP contribution in [0.1, 0.15) is 25.0 Å². The highest BCUT2D eigenvalue weighted by atomic mass is 79.9. The van der Waals surface area contributed by atoms with Gasteiger partial charge in [-0.2, -0.15) is 0 Å². The number of amides is 1. The number of aryl methyl sites for hydroxylation is 1. The molecule has 0 heterocycles. The quantitative estimate of drug-likeness (QED) is 0.800. The third kappa shape index (κ3) is 5.48. The monoisotopic (exact) mass is 374 g/mol. The third-order valence-electron chi connectivity index (χ3n) is 3.75. The molecule has 1 N–H and O–H groups in total. The van der Waals surface area contributed by atoms with E-state index in [-0.39, 0.29) is 5.91 Å². The number of hydrogen-bond donors (Lipinski definition) is 1. The lowest BCUT2D eigenvalue weighted by molar-refractivity contribution is -0.117. The Kier molecular flexibility index (Phi) is 6.37. The number of carbonyl (C=O) groups excluding carboxylic acids is 1. The zero-order chi connectivity index (χ0) is 16.8. The second kappa shape index (κ2) is 8.27. The zero-order valence-electron chi connectivity index (χ0n) is 13.8. The summed E-state index contributed by atoms with van der Waals surface area (Å²) in [6.07, 6.45) is 0. The van der Waals surface area contributed by atoms with Gasteiger partial charge in [0.15, 0.2) is 0 Å². The largest absolute Gasteiger partial charge is 0.325 e. The van der Waals surface area contributed by atoms with Crippen molar-refractivity contribution in [3.63, 3.8) is 0 Å². The van der Waals surface area contributed by atoms with Crippen molar-refractivity contribution in [3.05, 3.63) is 64.1 Å². The van der Waals surface area contributed by atoms with Crippen molar-refractivity contribution in [2.45, 2.75) is 33.4 Å². The van der Waals surface area contributed by atoms with Gasteiger partial charge in [0.2, 0.25) is 5.91 Å². The molecule has 2 rings (SSSR count). The lowest BCUT2D eigenvalue weighted by Crippen LogP contribution is -2.37. The Morgan fingerprint density at radius 1 is 1.17 bits per heavy atom. The van der Waals surface area contributed by atoms with E-state index in [1.165, 1.54) is 5.56 Å². The highest BCUT2D eigenvalue weighted by Gasteiger charge is 2.15. The van der Waals surface area contributed by atoms with Gasteiger partial charge in [-0.05, 0) is 50.1 Å². The molecule has 0 aliphatic carbocycles. The van der Waals surface area contributed by atoms with Crippen LogP contribution in [0.25, 0.3) is 0 Å². The summed E-state index contributed by atoms with van der Waals surface area (Å²) in [5.41, 5.74) is 3.15. The average Bonchev–Trinajstić information content (AvgIpc) is 2.51. The number of carbonyl (C=O) groups is 1. The normalized spacial score (nSPS) is 11.0. The van der Waals surface area contributed by atoms with Crippen LogP contribution in [0.2, 0.25) is 0 Å². The lowest BCUT2D eigenvalue weighted by atomic mass is 10.2. The van der Waals surface area contributed by atoms with Gasteiger partial charge in [0.25, 0.3) is 0 Å². The summed E-state index contributed by atoms with van der Waals surface area (Å²) in [7, 11) is 0. The first-order valence-corrected chi connectivity index (χ1v) is 8.59. The minimum atomic E-state index is 0.0105. The summed E-state index contributed by atoms with van der Waals surface area (Å²) in [5, 5.41) is 2.98. The van der Waals surface area contributed by atoms with E-state index < -0.39 is 0 Å². The molecule has 23 heavy (non-hydrogen) atoms. The molecule has 122 valence electrons.